The summed E-state index contributed by atoms with van der Waals surface area (Å²) < 4.78 is 29.8. The number of amides is 2. The van der Waals surface area contributed by atoms with Crippen molar-refractivity contribution in [3.63, 3.8) is 0 Å². The number of hydrogen-bond acceptors (Lipinski definition) is 4. The molecule has 2 aromatic rings. The van der Waals surface area contributed by atoms with Crippen molar-refractivity contribution in [2.45, 2.75) is 51.6 Å². The van der Waals surface area contributed by atoms with Crippen molar-refractivity contribution in [2.75, 3.05) is 13.1 Å². The van der Waals surface area contributed by atoms with Gasteiger partial charge in [-0.25, -0.2) is 8.78 Å². The second kappa shape index (κ2) is 8.49. The molecular formula is C21H25F2N5O2. The molecule has 0 saturated carbocycles. The van der Waals surface area contributed by atoms with E-state index < -0.39 is 28.5 Å². The number of fused-ring (bicyclic) bond motifs is 2. The van der Waals surface area contributed by atoms with Gasteiger partial charge in [-0.05, 0) is 37.8 Å². The van der Waals surface area contributed by atoms with E-state index in [4.69, 9.17) is 0 Å². The predicted octanol–water partition coefficient (Wildman–Crippen LogP) is 2.67. The summed E-state index contributed by atoms with van der Waals surface area (Å²) in [4.78, 5) is 27.2. The highest BCUT2D eigenvalue weighted by Crippen LogP contribution is 2.38. The van der Waals surface area contributed by atoms with E-state index in [2.05, 4.69) is 15.6 Å². The Balaban J connectivity index is 1.47. The van der Waals surface area contributed by atoms with Gasteiger partial charge in [-0.2, -0.15) is 0 Å². The molecule has 1 saturated heterocycles. The van der Waals surface area contributed by atoms with Crippen LogP contribution in [0.1, 0.15) is 54.6 Å². The molecule has 30 heavy (non-hydrogen) atoms. The van der Waals surface area contributed by atoms with Crippen LogP contribution >= 0.6 is 0 Å². The SMILES string of the molecule is O=C(c1c(F)cccc1F)N1CCC2(CCCCCn3cc(nn3)CNC2=O)CC1. The number of carbonyl (C=O) groups is 2. The Bertz CT molecular complexity index is 917. The first-order valence-corrected chi connectivity index (χ1v) is 10.4. The van der Waals surface area contributed by atoms with E-state index >= 15 is 0 Å². The minimum Gasteiger partial charge on any atom is -0.350 e. The molecule has 1 aromatic heterocycles. The van der Waals surface area contributed by atoms with Gasteiger partial charge in [0.25, 0.3) is 5.91 Å². The molecule has 2 aliphatic heterocycles. The standard InChI is InChI=1S/C21H25F2N5O2/c22-16-5-4-6-17(23)18(16)19(29)27-11-8-21(9-12-27)7-2-1-3-10-28-14-15(25-26-28)13-24-20(21)30/h4-6,14H,1-3,7-13H2,(H,24,30). The number of likely N-dealkylation sites (tertiary alicyclic amines) is 1. The summed E-state index contributed by atoms with van der Waals surface area (Å²) in [6.45, 7) is 1.68. The summed E-state index contributed by atoms with van der Waals surface area (Å²) in [5, 5.41) is 11.1. The van der Waals surface area contributed by atoms with Gasteiger partial charge in [0.2, 0.25) is 5.91 Å². The molecule has 0 aliphatic carbocycles. The largest absolute Gasteiger partial charge is 0.350 e. The lowest BCUT2D eigenvalue weighted by atomic mass is 9.73. The number of nitrogens with zero attached hydrogens (tertiary/aromatic N) is 4. The molecule has 7 nitrogen and oxygen atoms in total. The third kappa shape index (κ3) is 4.06. The van der Waals surface area contributed by atoms with Crippen LogP contribution in [-0.2, 0) is 17.9 Å². The predicted molar refractivity (Wildman–Crippen MR) is 104 cm³/mol. The van der Waals surface area contributed by atoms with Crippen molar-refractivity contribution in [3.05, 3.63) is 47.3 Å². The average Bonchev–Trinajstić information content (AvgIpc) is 3.19. The van der Waals surface area contributed by atoms with Gasteiger partial charge in [0.15, 0.2) is 0 Å². The molecule has 0 radical (unpaired) electrons. The Hall–Kier alpha value is -2.84. The third-order valence-electron chi connectivity index (χ3n) is 6.22. The maximum atomic E-state index is 14.0. The smallest absolute Gasteiger partial charge is 0.259 e. The molecular weight excluding hydrogens is 392 g/mol. The highest BCUT2D eigenvalue weighted by atomic mass is 19.1. The van der Waals surface area contributed by atoms with E-state index in [-0.39, 0.29) is 19.0 Å². The number of halogens is 2. The molecule has 9 heteroatoms. The van der Waals surface area contributed by atoms with Gasteiger partial charge in [0, 0.05) is 19.6 Å². The maximum Gasteiger partial charge on any atom is 0.259 e. The van der Waals surface area contributed by atoms with Gasteiger partial charge in [0.1, 0.15) is 22.9 Å². The van der Waals surface area contributed by atoms with Crippen LogP contribution < -0.4 is 5.32 Å². The fraction of sp³-hybridized carbons (Fsp3) is 0.524. The van der Waals surface area contributed by atoms with Crippen molar-refractivity contribution in [1.82, 2.24) is 25.2 Å². The van der Waals surface area contributed by atoms with E-state index in [1.807, 2.05) is 6.20 Å². The van der Waals surface area contributed by atoms with Crippen LogP contribution in [0.3, 0.4) is 0 Å². The molecule has 1 N–H and O–H groups in total. The van der Waals surface area contributed by atoms with Crippen LogP contribution in [0.4, 0.5) is 8.78 Å². The van der Waals surface area contributed by atoms with Crippen LogP contribution in [0.2, 0.25) is 0 Å². The zero-order chi connectivity index (χ0) is 21.1. The molecule has 1 spiro atoms. The lowest BCUT2D eigenvalue weighted by molar-refractivity contribution is -0.134. The number of rotatable bonds is 1. The molecule has 2 bridgehead atoms. The first-order valence-electron chi connectivity index (χ1n) is 10.4. The van der Waals surface area contributed by atoms with Crippen molar-refractivity contribution < 1.29 is 18.4 Å². The number of piperidine rings is 1. The summed E-state index contributed by atoms with van der Waals surface area (Å²) in [6, 6.07) is 3.40. The second-order valence-electron chi connectivity index (χ2n) is 8.14. The van der Waals surface area contributed by atoms with Crippen molar-refractivity contribution in [2.24, 2.45) is 5.41 Å². The third-order valence-corrected chi connectivity index (χ3v) is 6.22. The van der Waals surface area contributed by atoms with E-state index in [0.29, 0.717) is 25.1 Å². The lowest BCUT2D eigenvalue weighted by Gasteiger charge is -2.41. The Morgan fingerprint density at radius 3 is 2.50 bits per heavy atom. The Labute approximate surface area is 173 Å². The number of hydrogen-bond donors (Lipinski definition) is 1. The fourth-order valence-corrected chi connectivity index (χ4v) is 4.39. The quantitative estimate of drug-likeness (QED) is 0.774. The highest BCUT2D eigenvalue weighted by Gasteiger charge is 2.42. The van der Waals surface area contributed by atoms with Crippen molar-refractivity contribution in [1.29, 1.82) is 0 Å². The number of aromatic nitrogens is 3. The topological polar surface area (TPSA) is 80.1 Å². The number of aryl methyl sites for hydroxylation is 1. The van der Waals surface area contributed by atoms with Gasteiger partial charge in [-0.1, -0.05) is 24.1 Å². The van der Waals surface area contributed by atoms with Gasteiger partial charge in [-0.15, -0.1) is 5.10 Å². The first kappa shape index (κ1) is 20.4. The minimum atomic E-state index is -0.864. The van der Waals surface area contributed by atoms with E-state index in [9.17, 15) is 18.4 Å². The summed E-state index contributed by atoms with van der Waals surface area (Å²) in [6.07, 6.45) is 6.32. The molecule has 3 heterocycles. The lowest BCUT2D eigenvalue weighted by Crippen LogP contribution is -2.50. The van der Waals surface area contributed by atoms with Crippen LogP contribution in [0.15, 0.2) is 24.4 Å². The van der Waals surface area contributed by atoms with Crippen LogP contribution in [0.5, 0.6) is 0 Å². The van der Waals surface area contributed by atoms with Gasteiger partial charge in [-0.3, -0.25) is 14.3 Å². The van der Waals surface area contributed by atoms with E-state index in [1.54, 1.807) is 4.68 Å². The van der Waals surface area contributed by atoms with Crippen molar-refractivity contribution in [3.8, 4) is 0 Å². The number of carbonyl (C=O) groups excluding carboxylic acids is 2. The minimum absolute atomic E-state index is 0.0539. The van der Waals surface area contributed by atoms with Crippen LogP contribution in [0, 0.1) is 17.0 Å². The Morgan fingerprint density at radius 1 is 1.03 bits per heavy atom. The molecule has 1 aromatic carbocycles. The van der Waals surface area contributed by atoms with Gasteiger partial charge < -0.3 is 10.2 Å². The zero-order valence-corrected chi connectivity index (χ0v) is 16.7. The van der Waals surface area contributed by atoms with E-state index in [0.717, 1.165) is 44.4 Å². The van der Waals surface area contributed by atoms with Gasteiger partial charge >= 0.3 is 0 Å². The summed E-state index contributed by atoms with van der Waals surface area (Å²) >= 11 is 0. The number of benzene rings is 1. The summed E-state index contributed by atoms with van der Waals surface area (Å²) in [5.74, 6) is -2.44. The average molecular weight is 417 g/mol. The van der Waals surface area contributed by atoms with Crippen LogP contribution in [-0.4, -0.2) is 44.8 Å². The molecule has 0 atom stereocenters. The second-order valence-corrected chi connectivity index (χ2v) is 8.14. The molecule has 160 valence electrons. The molecule has 2 aliphatic rings. The monoisotopic (exact) mass is 417 g/mol. The van der Waals surface area contributed by atoms with Gasteiger partial charge in [0.05, 0.1) is 18.2 Å². The maximum absolute atomic E-state index is 14.0. The summed E-state index contributed by atoms with van der Waals surface area (Å²) in [5.41, 5.74) is -0.402. The molecule has 0 unspecified atom stereocenters. The number of nitrogens with one attached hydrogen (secondary N) is 1. The summed E-state index contributed by atoms with van der Waals surface area (Å²) in [7, 11) is 0. The Morgan fingerprint density at radius 2 is 1.77 bits per heavy atom. The molecule has 4 rings (SSSR count). The molecule has 2 amide bonds. The van der Waals surface area contributed by atoms with Crippen molar-refractivity contribution >= 4 is 11.8 Å². The Kier molecular flexibility index (Phi) is 5.78. The zero-order valence-electron chi connectivity index (χ0n) is 16.7. The van der Waals surface area contributed by atoms with E-state index in [1.165, 1.54) is 11.0 Å². The normalized spacial score (nSPS) is 19.7. The van der Waals surface area contributed by atoms with Crippen LogP contribution in [0.25, 0.3) is 0 Å². The fourth-order valence-electron chi connectivity index (χ4n) is 4.39. The molecule has 1 fully saturated rings. The highest BCUT2D eigenvalue weighted by molar-refractivity contribution is 5.95. The first-order chi connectivity index (χ1) is 14.5.